The first-order valence-corrected chi connectivity index (χ1v) is 3.54. The van der Waals surface area contributed by atoms with Crippen LogP contribution in [0.15, 0.2) is 12.1 Å². The lowest BCUT2D eigenvalue weighted by Crippen LogP contribution is -1.86. The average molecular weight is 184 g/mol. The molecule has 1 N–H and O–H groups in total. The third-order valence-electron chi connectivity index (χ3n) is 1.42. The quantitative estimate of drug-likeness (QED) is 0.724. The van der Waals surface area contributed by atoms with Gasteiger partial charge in [-0.3, -0.25) is 0 Å². The number of aromatic hydroxyl groups is 1. The monoisotopic (exact) mass is 183 g/mol. The molecule has 1 aromatic rings. The molecule has 0 bridgehead atoms. The minimum Gasteiger partial charge on any atom is -0.503 e. The van der Waals surface area contributed by atoms with Crippen molar-refractivity contribution in [2.24, 2.45) is 0 Å². The standard InChI is InChI=1S/C8H6ClNO2/c1-12-7-3-2-6(9)5(4-10)8(7)11/h2-3,11H,1H3. The van der Waals surface area contributed by atoms with Gasteiger partial charge in [0.05, 0.1) is 12.1 Å². The van der Waals surface area contributed by atoms with E-state index in [1.165, 1.54) is 19.2 Å². The molecule has 0 spiro atoms. The summed E-state index contributed by atoms with van der Waals surface area (Å²) < 4.78 is 4.78. The van der Waals surface area contributed by atoms with Crippen LogP contribution in [-0.2, 0) is 0 Å². The fraction of sp³-hybridized carbons (Fsp3) is 0.125. The highest BCUT2D eigenvalue weighted by molar-refractivity contribution is 6.32. The Morgan fingerprint density at radius 3 is 2.75 bits per heavy atom. The molecule has 0 fully saturated rings. The van der Waals surface area contributed by atoms with Crippen LogP contribution >= 0.6 is 11.6 Å². The fourth-order valence-corrected chi connectivity index (χ4v) is 1.01. The molecule has 1 rings (SSSR count). The van der Waals surface area contributed by atoms with E-state index in [1.807, 2.05) is 0 Å². The van der Waals surface area contributed by atoms with E-state index in [4.69, 9.17) is 21.6 Å². The molecular formula is C8H6ClNO2. The second kappa shape index (κ2) is 3.33. The summed E-state index contributed by atoms with van der Waals surface area (Å²) in [5.41, 5.74) is 0.0380. The van der Waals surface area contributed by atoms with Crippen LogP contribution in [0.3, 0.4) is 0 Å². The van der Waals surface area contributed by atoms with Crippen molar-refractivity contribution in [2.45, 2.75) is 0 Å². The van der Waals surface area contributed by atoms with Gasteiger partial charge in [0.1, 0.15) is 11.6 Å². The Bertz CT molecular complexity index is 344. The van der Waals surface area contributed by atoms with Crippen LogP contribution in [0.5, 0.6) is 11.5 Å². The van der Waals surface area contributed by atoms with Crippen LogP contribution in [0.1, 0.15) is 5.56 Å². The lowest BCUT2D eigenvalue weighted by molar-refractivity contribution is 0.373. The van der Waals surface area contributed by atoms with Gasteiger partial charge in [0.2, 0.25) is 0 Å². The van der Waals surface area contributed by atoms with Gasteiger partial charge in [-0.15, -0.1) is 0 Å². The van der Waals surface area contributed by atoms with Crippen molar-refractivity contribution >= 4 is 11.6 Å². The second-order valence-electron chi connectivity index (χ2n) is 2.09. The Balaban J connectivity index is 3.36. The van der Waals surface area contributed by atoms with Gasteiger partial charge in [0.25, 0.3) is 0 Å². The molecule has 62 valence electrons. The molecule has 0 saturated carbocycles. The van der Waals surface area contributed by atoms with Crippen molar-refractivity contribution in [3.63, 3.8) is 0 Å². The highest BCUT2D eigenvalue weighted by Gasteiger charge is 2.10. The van der Waals surface area contributed by atoms with Crippen molar-refractivity contribution in [1.29, 1.82) is 5.26 Å². The van der Waals surface area contributed by atoms with Crippen molar-refractivity contribution in [1.82, 2.24) is 0 Å². The maximum absolute atomic E-state index is 9.34. The molecule has 0 aromatic heterocycles. The highest BCUT2D eigenvalue weighted by Crippen LogP contribution is 2.33. The molecule has 3 nitrogen and oxygen atoms in total. The van der Waals surface area contributed by atoms with Gasteiger partial charge in [0.15, 0.2) is 11.5 Å². The maximum atomic E-state index is 9.34. The summed E-state index contributed by atoms with van der Waals surface area (Å²) in [4.78, 5) is 0. The molecule has 0 atom stereocenters. The predicted molar refractivity (Wildman–Crippen MR) is 44.4 cm³/mol. The van der Waals surface area contributed by atoms with E-state index in [-0.39, 0.29) is 22.1 Å². The Morgan fingerprint density at radius 1 is 1.58 bits per heavy atom. The van der Waals surface area contributed by atoms with Crippen molar-refractivity contribution in [3.05, 3.63) is 22.7 Å². The zero-order valence-electron chi connectivity index (χ0n) is 6.34. The number of methoxy groups -OCH3 is 1. The van der Waals surface area contributed by atoms with E-state index in [9.17, 15) is 5.11 Å². The van der Waals surface area contributed by atoms with Gasteiger partial charge in [-0.05, 0) is 12.1 Å². The van der Waals surface area contributed by atoms with Gasteiger partial charge in [-0.2, -0.15) is 5.26 Å². The summed E-state index contributed by atoms with van der Waals surface area (Å²) in [5, 5.41) is 18.1. The first-order valence-electron chi connectivity index (χ1n) is 3.16. The number of nitriles is 1. The molecule has 0 aliphatic carbocycles. The number of nitrogens with zero attached hydrogens (tertiary/aromatic N) is 1. The Kier molecular flexibility index (Phi) is 2.41. The third-order valence-corrected chi connectivity index (χ3v) is 1.74. The van der Waals surface area contributed by atoms with Gasteiger partial charge >= 0.3 is 0 Å². The Labute approximate surface area is 74.8 Å². The Morgan fingerprint density at radius 2 is 2.25 bits per heavy atom. The zero-order valence-corrected chi connectivity index (χ0v) is 7.09. The number of hydrogen-bond acceptors (Lipinski definition) is 3. The Hall–Kier alpha value is -1.40. The normalized spacial score (nSPS) is 9.08. The van der Waals surface area contributed by atoms with Gasteiger partial charge < -0.3 is 9.84 Å². The molecule has 0 aliphatic heterocycles. The minimum absolute atomic E-state index is 0.0380. The number of rotatable bonds is 1. The summed E-state index contributed by atoms with van der Waals surface area (Å²) in [6.07, 6.45) is 0. The number of benzene rings is 1. The molecule has 0 heterocycles. The number of phenolic OH excluding ortho intramolecular Hbond substituents is 1. The van der Waals surface area contributed by atoms with Gasteiger partial charge in [-0.1, -0.05) is 11.6 Å². The van der Waals surface area contributed by atoms with Crippen LogP contribution in [0.25, 0.3) is 0 Å². The van der Waals surface area contributed by atoms with Gasteiger partial charge in [0, 0.05) is 0 Å². The number of halogens is 1. The van der Waals surface area contributed by atoms with Crippen LogP contribution in [0, 0.1) is 11.3 Å². The summed E-state index contributed by atoms with van der Waals surface area (Å²) in [5.74, 6) is 0.0310. The van der Waals surface area contributed by atoms with Crippen LogP contribution in [0.4, 0.5) is 0 Å². The number of hydrogen-bond donors (Lipinski definition) is 1. The van der Waals surface area contributed by atoms with Gasteiger partial charge in [-0.25, -0.2) is 0 Å². The maximum Gasteiger partial charge on any atom is 0.177 e. The van der Waals surface area contributed by atoms with Crippen molar-refractivity contribution < 1.29 is 9.84 Å². The van der Waals surface area contributed by atoms with E-state index in [2.05, 4.69) is 0 Å². The SMILES string of the molecule is COc1ccc(Cl)c(C#N)c1O. The van der Waals surface area contributed by atoms with Crippen LogP contribution < -0.4 is 4.74 Å². The van der Waals surface area contributed by atoms with Crippen LogP contribution in [0.2, 0.25) is 5.02 Å². The molecule has 0 saturated heterocycles. The van der Waals surface area contributed by atoms with E-state index in [0.717, 1.165) is 0 Å². The molecule has 0 unspecified atom stereocenters. The van der Waals surface area contributed by atoms with E-state index in [1.54, 1.807) is 6.07 Å². The van der Waals surface area contributed by atoms with E-state index < -0.39 is 0 Å². The predicted octanol–water partition coefficient (Wildman–Crippen LogP) is 1.93. The topological polar surface area (TPSA) is 53.2 Å². The first-order chi connectivity index (χ1) is 5.70. The summed E-state index contributed by atoms with van der Waals surface area (Å²) in [7, 11) is 1.41. The molecule has 0 aliphatic rings. The van der Waals surface area contributed by atoms with Crippen molar-refractivity contribution in [3.8, 4) is 17.6 Å². The van der Waals surface area contributed by atoms with E-state index in [0.29, 0.717) is 0 Å². The molecule has 0 radical (unpaired) electrons. The first kappa shape index (κ1) is 8.69. The minimum atomic E-state index is -0.215. The molecule has 0 amide bonds. The lowest BCUT2D eigenvalue weighted by atomic mass is 10.2. The summed E-state index contributed by atoms with van der Waals surface area (Å²) >= 11 is 5.62. The second-order valence-corrected chi connectivity index (χ2v) is 2.49. The van der Waals surface area contributed by atoms with E-state index >= 15 is 0 Å². The zero-order chi connectivity index (χ0) is 9.14. The number of phenols is 1. The summed E-state index contributed by atoms with van der Waals surface area (Å²) in [6.45, 7) is 0. The number of ether oxygens (including phenoxy) is 1. The third kappa shape index (κ3) is 1.29. The van der Waals surface area contributed by atoms with Crippen molar-refractivity contribution in [2.75, 3.05) is 7.11 Å². The molecule has 12 heavy (non-hydrogen) atoms. The fourth-order valence-electron chi connectivity index (χ4n) is 0.819. The average Bonchev–Trinajstić information content (AvgIpc) is 2.06. The smallest absolute Gasteiger partial charge is 0.177 e. The lowest BCUT2D eigenvalue weighted by Gasteiger charge is -2.04. The molecule has 4 heteroatoms. The highest BCUT2D eigenvalue weighted by atomic mass is 35.5. The summed E-state index contributed by atoms with van der Waals surface area (Å²) in [6, 6.07) is 4.77. The molecular weight excluding hydrogens is 178 g/mol. The largest absolute Gasteiger partial charge is 0.503 e. The molecule has 1 aromatic carbocycles. The van der Waals surface area contributed by atoms with Crippen LogP contribution in [-0.4, -0.2) is 12.2 Å².